The Morgan fingerprint density at radius 3 is 2.40 bits per heavy atom. The van der Waals surface area contributed by atoms with Gasteiger partial charge in [0.15, 0.2) is 12.4 Å². The average Bonchev–Trinajstić information content (AvgIpc) is 3.88. The first-order chi connectivity index (χ1) is 22.3. The van der Waals surface area contributed by atoms with Crippen LogP contribution in [0.25, 0.3) is 0 Å². The lowest BCUT2D eigenvalue weighted by Gasteiger charge is -2.58. The molecule has 3 saturated heterocycles. The molecule has 2 N–H and O–H groups in total. The third-order valence-corrected chi connectivity index (χ3v) is 13.3. The molecule has 4 aliphatic carbocycles. The van der Waals surface area contributed by atoms with E-state index in [0.29, 0.717) is 24.3 Å². The molecule has 6 fully saturated rings. The van der Waals surface area contributed by atoms with Gasteiger partial charge in [0, 0.05) is 18.1 Å². The van der Waals surface area contributed by atoms with E-state index in [2.05, 4.69) is 13.0 Å². The Balaban J connectivity index is 1.15. The number of carboxylic acid groups (broad SMARTS) is 1. The number of ether oxygens (including phenoxy) is 6. The zero-order valence-corrected chi connectivity index (χ0v) is 28.4. The van der Waals surface area contributed by atoms with E-state index in [1.54, 1.807) is 19.9 Å². The van der Waals surface area contributed by atoms with Crippen molar-refractivity contribution in [3.05, 3.63) is 23.3 Å². The van der Waals surface area contributed by atoms with Gasteiger partial charge in [-0.3, -0.25) is 4.79 Å². The molecule has 11 nitrogen and oxygen atoms in total. The summed E-state index contributed by atoms with van der Waals surface area (Å²) < 4.78 is 35.1. The second-order valence-corrected chi connectivity index (χ2v) is 15.8. The predicted octanol–water partition coefficient (Wildman–Crippen LogP) is 3.46. The highest BCUT2D eigenvalue weighted by atomic mass is 16.7. The summed E-state index contributed by atoms with van der Waals surface area (Å²) in [6.07, 6.45) is 2.46. The van der Waals surface area contributed by atoms with Crippen LogP contribution in [0.4, 0.5) is 0 Å². The van der Waals surface area contributed by atoms with Crippen LogP contribution in [0.5, 0.6) is 0 Å². The number of rotatable bonds is 11. The highest BCUT2D eigenvalue weighted by molar-refractivity contribution is 5.90. The van der Waals surface area contributed by atoms with Crippen molar-refractivity contribution in [1.29, 1.82) is 0 Å². The van der Waals surface area contributed by atoms with Crippen LogP contribution in [-0.2, 0) is 42.8 Å². The quantitative estimate of drug-likeness (QED) is 0.110. The highest BCUT2D eigenvalue weighted by Crippen LogP contribution is 2.82. The molecule has 11 heteroatoms. The van der Waals surface area contributed by atoms with Crippen LogP contribution in [-0.4, -0.2) is 97.3 Å². The molecule has 7 aliphatic rings. The molecule has 260 valence electrons. The Morgan fingerprint density at radius 1 is 1.06 bits per heavy atom. The number of allylic oxidation sites excluding steroid dienone is 1. The number of hydrogen-bond donors (Lipinski definition) is 2. The van der Waals surface area contributed by atoms with E-state index < -0.39 is 58.9 Å². The normalized spacial score (nSPS) is 51.0. The lowest BCUT2D eigenvalue weighted by Crippen LogP contribution is -2.64. The summed E-state index contributed by atoms with van der Waals surface area (Å²) in [6, 6.07) is 0. The van der Waals surface area contributed by atoms with Crippen molar-refractivity contribution in [1.82, 2.24) is 0 Å². The number of aliphatic hydroxyl groups is 1. The van der Waals surface area contributed by atoms with E-state index in [9.17, 15) is 24.6 Å². The lowest BCUT2D eigenvalue weighted by atomic mass is 9.43. The third kappa shape index (κ3) is 4.55. The van der Waals surface area contributed by atoms with E-state index in [1.807, 2.05) is 20.8 Å². The maximum absolute atomic E-state index is 13.8. The molecule has 0 aromatic heterocycles. The van der Waals surface area contributed by atoms with Gasteiger partial charge in [-0.1, -0.05) is 38.8 Å². The first-order valence-electron chi connectivity index (χ1n) is 17.4. The second-order valence-electron chi connectivity index (χ2n) is 15.8. The number of aldehydes is 1. The van der Waals surface area contributed by atoms with Crippen LogP contribution >= 0.6 is 0 Å². The number of aliphatic hydroxyl groups excluding tert-OH is 1. The van der Waals surface area contributed by atoms with Gasteiger partial charge in [-0.05, 0) is 75.7 Å². The zero-order chi connectivity index (χ0) is 33.8. The molecule has 3 saturated carbocycles. The van der Waals surface area contributed by atoms with Crippen LogP contribution in [0.2, 0.25) is 0 Å². The largest absolute Gasteiger partial charge is 0.481 e. The number of hydrogen-bond acceptors (Lipinski definition) is 10. The summed E-state index contributed by atoms with van der Waals surface area (Å²) in [7, 11) is 1.42. The Labute approximate surface area is 276 Å². The minimum Gasteiger partial charge on any atom is -0.481 e. The zero-order valence-electron chi connectivity index (χ0n) is 28.4. The van der Waals surface area contributed by atoms with Gasteiger partial charge in [-0.2, -0.15) is 0 Å². The predicted molar refractivity (Wildman–Crippen MR) is 166 cm³/mol. The van der Waals surface area contributed by atoms with E-state index in [1.165, 1.54) is 7.11 Å². The van der Waals surface area contributed by atoms with Crippen molar-refractivity contribution in [2.75, 3.05) is 13.7 Å². The highest BCUT2D eigenvalue weighted by Gasteiger charge is 2.84. The van der Waals surface area contributed by atoms with E-state index >= 15 is 0 Å². The van der Waals surface area contributed by atoms with Crippen LogP contribution < -0.4 is 0 Å². The molecule has 7 rings (SSSR count). The van der Waals surface area contributed by atoms with E-state index in [-0.39, 0.29) is 54.7 Å². The first kappa shape index (κ1) is 33.4. The van der Waals surface area contributed by atoms with Gasteiger partial charge in [0.1, 0.15) is 42.2 Å². The van der Waals surface area contributed by atoms with Gasteiger partial charge in [0.2, 0.25) is 0 Å². The van der Waals surface area contributed by atoms with Gasteiger partial charge >= 0.3 is 11.9 Å². The van der Waals surface area contributed by atoms with Crippen molar-refractivity contribution in [2.45, 2.75) is 122 Å². The van der Waals surface area contributed by atoms with Crippen LogP contribution in [0, 0.1) is 45.8 Å². The minimum absolute atomic E-state index is 0.00766. The Bertz CT molecular complexity index is 1370. The Morgan fingerprint density at radius 2 is 1.79 bits per heavy atom. The van der Waals surface area contributed by atoms with Gasteiger partial charge < -0.3 is 43.4 Å². The van der Waals surface area contributed by atoms with Gasteiger partial charge in [-0.25, -0.2) is 4.79 Å². The van der Waals surface area contributed by atoms with Crippen LogP contribution in [0.15, 0.2) is 23.3 Å². The summed E-state index contributed by atoms with van der Waals surface area (Å²) in [5, 5.41) is 23.0. The van der Waals surface area contributed by atoms with E-state index in [0.717, 1.165) is 24.7 Å². The van der Waals surface area contributed by atoms with Gasteiger partial charge in [0.05, 0.1) is 24.2 Å². The fourth-order valence-electron chi connectivity index (χ4n) is 11.0. The van der Waals surface area contributed by atoms with Crippen molar-refractivity contribution in [2.24, 2.45) is 45.8 Å². The summed E-state index contributed by atoms with van der Waals surface area (Å²) in [5.41, 5.74) is -2.13. The van der Waals surface area contributed by atoms with E-state index in [4.69, 9.17) is 28.4 Å². The molecule has 0 amide bonds. The smallest absolute Gasteiger partial charge is 0.334 e. The molecular formula is C36H50O11. The SMILES string of the molecule is CO[C@@H]1O[C@@H](C)C(OC[C@@]23C[C@H]4C(CC[C@H]4C)[C@@]4(C=O)C[C@@H]2C=C(C(C)C)[C@@]34C(=O)O)[C@@H](O)[C@@H]1OC(=O)/C(C)=C\[C@@H]1O[C@H]1[C@H]1O[C@H]1C. The first-order valence-corrected chi connectivity index (χ1v) is 17.4. The molecule has 3 heterocycles. The molecule has 3 aliphatic heterocycles. The number of aliphatic carboxylic acids is 1. The van der Waals surface area contributed by atoms with Gasteiger partial charge in [0.25, 0.3) is 0 Å². The van der Waals surface area contributed by atoms with Gasteiger partial charge in [-0.15, -0.1) is 0 Å². The molecule has 0 aromatic carbocycles. The monoisotopic (exact) mass is 658 g/mol. The fraction of sp³-hybridized carbons (Fsp3) is 0.806. The van der Waals surface area contributed by atoms with Crippen LogP contribution in [0.3, 0.4) is 0 Å². The Kier molecular flexibility index (Phi) is 8.13. The standard InChI is InChI=1S/C36H50O11/c1-16(2)24-11-21-12-34(14-37)23-9-8-17(3)22(23)13-35(21,36(24,34)33(40)41)15-43-27-19(5)45-32(42-7)30(26(27)38)47-31(39)18(4)10-25-29(46-25)28-20(6)44-28/h10-11,14,16-17,19-23,25-30,32,38H,8-9,12-13,15H2,1-7H3,(H,40,41)/b18-10-/t17-,19+,20+,21+,22-,23?,25+,26-,27?,28+,29-,30+,32-,34+,35+,36+/m1/s1. The number of methoxy groups -OCH3 is 1. The molecule has 0 aromatic rings. The number of epoxide rings is 2. The number of carboxylic acids is 1. The molecule has 4 bridgehead atoms. The lowest BCUT2D eigenvalue weighted by molar-refractivity contribution is -0.301. The fourth-order valence-corrected chi connectivity index (χ4v) is 11.0. The van der Waals surface area contributed by atoms with Crippen molar-refractivity contribution in [3.8, 4) is 0 Å². The average molecular weight is 659 g/mol. The molecular weight excluding hydrogens is 608 g/mol. The third-order valence-electron chi connectivity index (χ3n) is 13.3. The summed E-state index contributed by atoms with van der Waals surface area (Å²) in [6.45, 7) is 11.6. The number of carbonyl (C=O) groups excluding carboxylic acids is 2. The summed E-state index contributed by atoms with van der Waals surface area (Å²) in [5.74, 6) is -1.23. The maximum Gasteiger partial charge on any atom is 0.334 e. The summed E-state index contributed by atoms with van der Waals surface area (Å²) in [4.78, 5) is 40.3. The van der Waals surface area contributed by atoms with Crippen LogP contribution in [0.1, 0.15) is 67.2 Å². The van der Waals surface area contributed by atoms with Crippen molar-refractivity contribution < 1.29 is 53.0 Å². The Hall–Kier alpha value is -2.15. The maximum atomic E-state index is 13.8. The van der Waals surface area contributed by atoms with Crippen molar-refractivity contribution in [3.63, 3.8) is 0 Å². The molecule has 0 spiro atoms. The minimum atomic E-state index is -1.40. The topological polar surface area (TPSA) is 154 Å². The number of carbonyl (C=O) groups is 3. The molecule has 47 heavy (non-hydrogen) atoms. The number of esters is 1. The number of fused-ring (bicyclic) bond motifs is 2. The molecule has 2 unspecified atom stereocenters. The molecule has 0 radical (unpaired) electrons. The molecule has 16 atom stereocenters. The summed E-state index contributed by atoms with van der Waals surface area (Å²) >= 11 is 0. The second kappa shape index (κ2) is 11.5. The van der Waals surface area contributed by atoms with Crippen molar-refractivity contribution >= 4 is 18.2 Å².